The van der Waals surface area contributed by atoms with E-state index in [2.05, 4.69) is 32.8 Å². The highest BCUT2D eigenvalue weighted by molar-refractivity contribution is 6.00. The molecule has 9 nitrogen and oxygen atoms in total. The molecule has 1 aromatic heterocycles. The van der Waals surface area contributed by atoms with Gasteiger partial charge >= 0.3 is 0 Å². The first-order valence-corrected chi connectivity index (χ1v) is 14.0. The zero-order chi connectivity index (χ0) is 28.6. The molecule has 0 radical (unpaired) electrons. The number of aromatic nitrogens is 3. The van der Waals surface area contributed by atoms with Crippen molar-refractivity contribution in [2.24, 2.45) is 11.8 Å². The van der Waals surface area contributed by atoms with Crippen LogP contribution in [-0.4, -0.2) is 55.0 Å². The monoisotopic (exact) mass is 542 g/mol. The number of nitrogens with one attached hydrogen (secondary N) is 2. The Balaban J connectivity index is 1.55. The van der Waals surface area contributed by atoms with Crippen LogP contribution in [0.4, 0.5) is 0 Å². The zero-order valence-electron chi connectivity index (χ0n) is 23.8. The Morgan fingerprint density at radius 3 is 2.25 bits per heavy atom. The number of carbonyl (C=O) groups is 3. The van der Waals surface area contributed by atoms with Gasteiger partial charge in [-0.25, -0.2) is 9.67 Å². The molecule has 3 atom stereocenters. The van der Waals surface area contributed by atoms with Gasteiger partial charge in [-0.3, -0.25) is 14.4 Å². The Kier molecular flexibility index (Phi) is 7.49. The van der Waals surface area contributed by atoms with Crippen molar-refractivity contribution >= 4 is 17.7 Å². The molecule has 1 saturated heterocycles. The molecule has 2 aliphatic rings. The molecule has 0 bridgehead atoms. The molecule has 2 heterocycles. The molecule has 3 aromatic rings. The number of benzene rings is 2. The van der Waals surface area contributed by atoms with Crippen molar-refractivity contribution in [2.45, 2.75) is 77.5 Å². The Labute approximate surface area is 235 Å². The molecule has 2 N–H and O–H groups in total. The fraction of sp³-hybridized carbons (Fsp3) is 0.452. The number of hydrogen-bond donors (Lipinski definition) is 2. The van der Waals surface area contributed by atoms with E-state index in [1.165, 1.54) is 17.5 Å². The van der Waals surface area contributed by atoms with E-state index in [0.717, 1.165) is 5.69 Å². The van der Waals surface area contributed by atoms with Crippen LogP contribution in [0.2, 0.25) is 0 Å². The third kappa shape index (κ3) is 5.64. The van der Waals surface area contributed by atoms with Crippen molar-refractivity contribution in [3.63, 3.8) is 0 Å². The second kappa shape index (κ2) is 10.9. The highest BCUT2D eigenvalue weighted by Gasteiger charge is 2.49. The van der Waals surface area contributed by atoms with Gasteiger partial charge in [-0.05, 0) is 80.7 Å². The summed E-state index contributed by atoms with van der Waals surface area (Å²) in [6, 6.07) is 13.1. The third-order valence-electron chi connectivity index (χ3n) is 7.62. The SMILES string of the molecule is CC(C)C[C@@H]1C(=O)NC(C2Cc3ccccc3C2)C(=O)N1[C@@H](C(=O)NC(C)(C)C)c1ccc(-n2cncn2)cc1. The Bertz CT molecular complexity index is 1350. The lowest BCUT2D eigenvalue weighted by molar-refractivity contribution is -0.158. The van der Waals surface area contributed by atoms with E-state index in [9.17, 15) is 14.4 Å². The van der Waals surface area contributed by atoms with Crippen LogP contribution in [0.1, 0.15) is 63.8 Å². The van der Waals surface area contributed by atoms with Gasteiger partial charge in [-0.15, -0.1) is 0 Å². The van der Waals surface area contributed by atoms with Crippen LogP contribution in [0.5, 0.6) is 0 Å². The second-order valence-corrected chi connectivity index (χ2v) is 12.4. The Morgan fingerprint density at radius 2 is 1.70 bits per heavy atom. The van der Waals surface area contributed by atoms with Crippen molar-refractivity contribution in [1.29, 1.82) is 0 Å². The van der Waals surface area contributed by atoms with Crippen LogP contribution < -0.4 is 10.6 Å². The van der Waals surface area contributed by atoms with Crippen molar-refractivity contribution in [3.8, 4) is 5.69 Å². The fourth-order valence-electron chi connectivity index (χ4n) is 5.90. The Morgan fingerprint density at radius 1 is 1.05 bits per heavy atom. The summed E-state index contributed by atoms with van der Waals surface area (Å²) in [5.74, 6) is -0.664. The van der Waals surface area contributed by atoms with Crippen molar-refractivity contribution < 1.29 is 14.4 Å². The lowest BCUT2D eigenvalue weighted by Gasteiger charge is -2.45. The number of hydrogen-bond acceptors (Lipinski definition) is 5. The van der Waals surface area contributed by atoms with Crippen LogP contribution in [-0.2, 0) is 27.2 Å². The van der Waals surface area contributed by atoms with Gasteiger partial charge in [-0.2, -0.15) is 5.10 Å². The molecule has 1 unspecified atom stereocenters. The largest absolute Gasteiger partial charge is 0.349 e. The molecule has 40 heavy (non-hydrogen) atoms. The first-order valence-electron chi connectivity index (χ1n) is 14.0. The minimum atomic E-state index is -0.974. The zero-order valence-corrected chi connectivity index (χ0v) is 23.8. The maximum Gasteiger partial charge on any atom is 0.247 e. The highest BCUT2D eigenvalue weighted by Crippen LogP contribution is 2.35. The molecule has 2 aromatic carbocycles. The standard InChI is InChI=1S/C31H38N6O3/c1-19(2)14-25-28(38)34-26(23-15-21-8-6-7-9-22(21)16-23)30(40)37(25)27(29(39)35-31(3,4)5)20-10-12-24(13-11-20)36-18-32-17-33-36/h6-13,17-19,23,25-27H,14-16H2,1-5H3,(H,34,38)(H,35,39)/t25-,26?,27-/m1/s1. The summed E-state index contributed by atoms with van der Waals surface area (Å²) >= 11 is 0. The average molecular weight is 543 g/mol. The molecule has 1 fully saturated rings. The molecule has 1 aliphatic heterocycles. The summed E-state index contributed by atoms with van der Waals surface area (Å²) in [6.07, 6.45) is 4.92. The van der Waals surface area contributed by atoms with Gasteiger partial charge in [-0.1, -0.05) is 50.2 Å². The predicted octanol–water partition coefficient (Wildman–Crippen LogP) is 3.38. The van der Waals surface area contributed by atoms with E-state index in [0.29, 0.717) is 24.8 Å². The Hall–Kier alpha value is -4.01. The van der Waals surface area contributed by atoms with Crippen LogP contribution >= 0.6 is 0 Å². The second-order valence-electron chi connectivity index (χ2n) is 12.4. The van der Waals surface area contributed by atoms with E-state index in [-0.39, 0.29) is 29.6 Å². The average Bonchev–Trinajstić information content (AvgIpc) is 3.57. The molecule has 5 rings (SSSR count). The van der Waals surface area contributed by atoms with Gasteiger partial charge in [0.2, 0.25) is 17.7 Å². The third-order valence-corrected chi connectivity index (χ3v) is 7.62. The van der Waals surface area contributed by atoms with Crippen LogP contribution in [0.25, 0.3) is 5.69 Å². The summed E-state index contributed by atoms with van der Waals surface area (Å²) in [7, 11) is 0. The van der Waals surface area contributed by atoms with Gasteiger partial charge in [0.25, 0.3) is 0 Å². The van der Waals surface area contributed by atoms with E-state index in [4.69, 9.17) is 0 Å². The van der Waals surface area contributed by atoms with Gasteiger partial charge in [0.05, 0.1) is 5.69 Å². The smallest absolute Gasteiger partial charge is 0.247 e. The fourth-order valence-corrected chi connectivity index (χ4v) is 5.90. The normalized spacial score (nSPS) is 20.4. The lowest BCUT2D eigenvalue weighted by atomic mass is 9.87. The summed E-state index contributed by atoms with van der Waals surface area (Å²) in [6.45, 7) is 9.76. The lowest BCUT2D eigenvalue weighted by Crippen LogP contribution is -2.67. The van der Waals surface area contributed by atoms with Gasteiger partial charge in [0, 0.05) is 5.54 Å². The van der Waals surface area contributed by atoms with Crippen LogP contribution in [0, 0.1) is 11.8 Å². The topological polar surface area (TPSA) is 109 Å². The molecule has 9 heteroatoms. The molecule has 0 spiro atoms. The summed E-state index contributed by atoms with van der Waals surface area (Å²) < 4.78 is 1.63. The van der Waals surface area contributed by atoms with E-state index >= 15 is 0 Å². The molecular weight excluding hydrogens is 504 g/mol. The first kappa shape index (κ1) is 27.6. The summed E-state index contributed by atoms with van der Waals surface area (Å²) in [5, 5.41) is 10.3. The number of carbonyl (C=O) groups excluding carboxylic acids is 3. The molecule has 210 valence electrons. The van der Waals surface area contributed by atoms with Crippen molar-refractivity contribution in [2.75, 3.05) is 0 Å². The van der Waals surface area contributed by atoms with Gasteiger partial charge in [0.1, 0.15) is 30.8 Å². The number of amides is 3. The number of piperazine rings is 1. The molecule has 1 aliphatic carbocycles. The predicted molar refractivity (Wildman–Crippen MR) is 151 cm³/mol. The van der Waals surface area contributed by atoms with Gasteiger partial charge < -0.3 is 15.5 Å². The molecular formula is C31H38N6O3. The highest BCUT2D eigenvalue weighted by atomic mass is 16.2. The number of fused-ring (bicyclic) bond motifs is 1. The molecule has 3 amide bonds. The maximum absolute atomic E-state index is 14.4. The van der Waals surface area contributed by atoms with E-state index in [1.54, 1.807) is 15.9 Å². The van der Waals surface area contributed by atoms with Crippen molar-refractivity contribution in [3.05, 3.63) is 77.9 Å². The van der Waals surface area contributed by atoms with Crippen LogP contribution in [0.3, 0.4) is 0 Å². The van der Waals surface area contributed by atoms with Gasteiger partial charge in [0.15, 0.2) is 0 Å². The number of nitrogens with zero attached hydrogens (tertiary/aromatic N) is 4. The minimum Gasteiger partial charge on any atom is -0.349 e. The molecule has 0 saturated carbocycles. The maximum atomic E-state index is 14.4. The van der Waals surface area contributed by atoms with Crippen LogP contribution in [0.15, 0.2) is 61.2 Å². The number of rotatable bonds is 7. The van der Waals surface area contributed by atoms with Crippen molar-refractivity contribution in [1.82, 2.24) is 30.3 Å². The summed E-state index contributed by atoms with van der Waals surface area (Å²) in [5.41, 5.74) is 3.29. The summed E-state index contributed by atoms with van der Waals surface area (Å²) in [4.78, 5) is 47.7. The quantitative estimate of drug-likeness (QED) is 0.476. The van der Waals surface area contributed by atoms with E-state index in [1.807, 2.05) is 71.0 Å². The minimum absolute atomic E-state index is 0.0719. The van der Waals surface area contributed by atoms with E-state index < -0.39 is 23.7 Å². The first-order chi connectivity index (χ1) is 19.0.